The molecule has 1 aliphatic rings. The van der Waals surface area contributed by atoms with Crippen molar-refractivity contribution in [2.45, 2.75) is 58.1 Å². The van der Waals surface area contributed by atoms with E-state index in [0.717, 1.165) is 39.6 Å². The molecule has 2 nitrogen and oxygen atoms in total. The summed E-state index contributed by atoms with van der Waals surface area (Å²) in [5, 5.41) is 9.70. The van der Waals surface area contributed by atoms with E-state index in [4.69, 9.17) is 0 Å². The van der Waals surface area contributed by atoms with E-state index < -0.39 is 0 Å². The second kappa shape index (κ2) is 8.99. The smallest absolute Gasteiger partial charge is 0.123 e. The van der Waals surface area contributed by atoms with Gasteiger partial charge in [-0.05, 0) is 58.4 Å². The van der Waals surface area contributed by atoms with Gasteiger partial charge in [-0.25, -0.2) is 8.78 Å². The van der Waals surface area contributed by atoms with Crippen molar-refractivity contribution in [1.82, 2.24) is 0 Å². The summed E-state index contributed by atoms with van der Waals surface area (Å²) in [5.41, 5.74) is 5.37. The van der Waals surface area contributed by atoms with Crippen LogP contribution in [0.4, 0.5) is 8.78 Å². The third-order valence-electron chi connectivity index (χ3n) is 4.89. The maximum absolute atomic E-state index is 14.1. The maximum Gasteiger partial charge on any atom is 0.123 e. The molecule has 2 aromatic rings. The van der Waals surface area contributed by atoms with Crippen molar-refractivity contribution in [1.29, 1.82) is 0 Å². The van der Waals surface area contributed by atoms with Crippen molar-refractivity contribution in [2.24, 2.45) is 10.2 Å². The van der Waals surface area contributed by atoms with Crippen LogP contribution >= 0.6 is 11.8 Å². The molecule has 0 aliphatic carbocycles. The molecule has 3 rings (SSSR count). The van der Waals surface area contributed by atoms with Gasteiger partial charge < -0.3 is 0 Å². The van der Waals surface area contributed by atoms with E-state index in [1.807, 2.05) is 0 Å². The third-order valence-corrected chi connectivity index (χ3v) is 5.92. The molecule has 28 heavy (non-hydrogen) atoms. The van der Waals surface area contributed by atoms with E-state index in [1.165, 1.54) is 17.7 Å². The van der Waals surface area contributed by atoms with Crippen LogP contribution in [0.2, 0.25) is 0 Å². The second-order valence-corrected chi connectivity index (χ2v) is 8.85. The van der Waals surface area contributed by atoms with Crippen LogP contribution in [-0.4, -0.2) is 10.8 Å². The number of nitrogens with zero attached hydrogens (tertiary/aromatic N) is 2. The van der Waals surface area contributed by atoms with E-state index in [9.17, 15) is 8.78 Å². The summed E-state index contributed by atoms with van der Waals surface area (Å²) in [6.45, 7) is 8.39. The van der Waals surface area contributed by atoms with Crippen LogP contribution < -0.4 is 0 Å². The molecule has 2 aromatic carbocycles. The summed E-state index contributed by atoms with van der Waals surface area (Å²) in [7, 11) is 0. The van der Waals surface area contributed by atoms with E-state index in [1.54, 1.807) is 36.0 Å². The van der Waals surface area contributed by atoms with Crippen molar-refractivity contribution in [3.8, 4) is 0 Å². The second-order valence-electron chi connectivity index (χ2n) is 7.80. The normalized spacial score (nSPS) is 14.0. The summed E-state index contributed by atoms with van der Waals surface area (Å²) < 4.78 is 27.1. The number of halogens is 2. The van der Waals surface area contributed by atoms with Gasteiger partial charge in [0.2, 0.25) is 0 Å². The van der Waals surface area contributed by atoms with Crippen LogP contribution in [0.5, 0.6) is 0 Å². The lowest BCUT2D eigenvalue weighted by molar-refractivity contribution is 0.616. The standard InChI is InChI=1S/C23H26F2N2S/c1-14(2)20-9-18(25)10-21(15(3)4)22(20)11-19-12-23(27-26-19)28-13-16-5-7-17(24)8-6-16/h5-10,14-15H,11-13H2,1-4H3. The molecule has 0 fully saturated rings. The third kappa shape index (κ3) is 5.07. The van der Waals surface area contributed by atoms with Crippen LogP contribution in [-0.2, 0) is 12.2 Å². The summed E-state index contributed by atoms with van der Waals surface area (Å²) in [6.07, 6.45) is 1.42. The Hall–Kier alpha value is -2.01. The number of rotatable bonds is 6. The Labute approximate surface area is 170 Å². The lowest BCUT2D eigenvalue weighted by Crippen LogP contribution is -2.11. The molecule has 0 amide bonds. The fourth-order valence-corrected chi connectivity index (χ4v) is 4.31. The SMILES string of the molecule is CC(C)c1cc(F)cc(C(C)C)c1CC1=NN=C(SCc2ccc(F)cc2)C1. The monoisotopic (exact) mass is 400 g/mol. The van der Waals surface area contributed by atoms with Crippen LogP contribution in [0, 0.1) is 11.6 Å². The zero-order valence-corrected chi connectivity index (χ0v) is 17.6. The molecule has 0 saturated heterocycles. The molecular weight excluding hydrogens is 374 g/mol. The Morgan fingerprint density at radius 2 is 1.50 bits per heavy atom. The minimum atomic E-state index is -0.223. The van der Waals surface area contributed by atoms with Crippen LogP contribution in [0.15, 0.2) is 46.6 Å². The van der Waals surface area contributed by atoms with Gasteiger partial charge in [-0.15, -0.1) is 16.9 Å². The van der Waals surface area contributed by atoms with Crippen LogP contribution in [0.25, 0.3) is 0 Å². The maximum atomic E-state index is 14.1. The van der Waals surface area contributed by atoms with Gasteiger partial charge in [-0.1, -0.05) is 39.8 Å². The summed E-state index contributed by atoms with van der Waals surface area (Å²) >= 11 is 1.63. The predicted molar refractivity (Wildman–Crippen MR) is 115 cm³/mol. The molecule has 0 unspecified atom stereocenters. The van der Waals surface area contributed by atoms with Crippen molar-refractivity contribution in [3.63, 3.8) is 0 Å². The zero-order valence-electron chi connectivity index (χ0n) is 16.8. The van der Waals surface area contributed by atoms with Crippen LogP contribution in [0.3, 0.4) is 0 Å². The Balaban J connectivity index is 1.68. The first-order valence-electron chi connectivity index (χ1n) is 9.65. The zero-order chi connectivity index (χ0) is 20.3. The van der Waals surface area contributed by atoms with Crippen molar-refractivity contribution >= 4 is 22.5 Å². The molecule has 0 aromatic heterocycles. The lowest BCUT2D eigenvalue weighted by Gasteiger charge is -2.20. The fraction of sp³-hybridized carbons (Fsp3) is 0.391. The van der Waals surface area contributed by atoms with E-state index in [0.29, 0.717) is 6.42 Å². The molecule has 0 radical (unpaired) electrons. The van der Waals surface area contributed by atoms with Crippen molar-refractivity contribution in [2.75, 3.05) is 0 Å². The molecule has 148 valence electrons. The molecule has 1 heterocycles. The average Bonchev–Trinajstić information content (AvgIpc) is 3.09. The summed E-state index contributed by atoms with van der Waals surface area (Å²) in [6, 6.07) is 9.86. The Kier molecular flexibility index (Phi) is 6.65. The first-order chi connectivity index (χ1) is 13.3. The quantitative estimate of drug-likeness (QED) is 0.521. The van der Waals surface area contributed by atoms with Gasteiger partial charge in [0, 0.05) is 18.6 Å². The van der Waals surface area contributed by atoms with E-state index in [2.05, 4.69) is 37.9 Å². The largest absolute Gasteiger partial charge is 0.207 e. The highest BCUT2D eigenvalue weighted by atomic mass is 32.2. The van der Waals surface area contributed by atoms with E-state index >= 15 is 0 Å². The topological polar surface area (TPSA) is 24.7 Å². The van der Waals surface area contributed by atoms with Gasteiger partial charge in [-0.3, -0.25) is 0 Å². The molecular formula is C23H26F2N2S. The molecule has 1 aliphatic heterocycles. The van der Waals surface area contributed by atoms with Gasteiger partial charge in [0.05, 0.1) is 5.71 Å². The Bertz CT molecular complexity index is 870. The highest BCUT2D eigenvalue weighted by molar-refractivity contribution is 8.13. The molecule has 0 N–H and O–H groups in total. The Morgan fingerprint density at radius 1 is 0.893 bits per heavy atom. The minimum absolute atomic E-state index is 0.170. The fourth-order valence-electron chi connectivity index (χ4n) is 3.41. The first kappa shape index (κ1) is 20.7. The predicted octanol–water partition coefficient (Wildman–Crippen LogP) is 6.85. The number of benzene rings is 2. The van der Waals surface area contributed by atoms with Gasteiger partial charge >= 0.3 is 0 Å². The minimum Gasteiger partial charge on any atom is -0.207 e. The van der Waals surface area contributed by atoms with Gasteiger partial charge in [0.1, 0.15) is 16.7 Å². The molecule has 0 atom stereocenters. The number of thioether (sulfide) groups is 1. The highest BCUT2D eigenvalue weighted by Crippen LogP contribution is 2.31. The number of hydrogen-bond acceptors (Lipinski definition) is 3. The van der Waals surface area contributed by atoms with Crippen LogP contribution in [0.1, 0.15) is 68.2 Å². The molecule has 5 heteroatoms. The summed E-state index contributed by atoms with van der Waals surface area (Å²) in [5.74, 6) is 0.847. The van der Waals surface area contributed by atoms with Gasteiger partial charge in [0.25, 0.3) is 0 Å². The van der Waals surface area contributed by atoms with E-state index in [-0.39, 0.29) is 23.5 Å². The first-order valence-corrected chi connectivity index (χ1v) is 10.6. The van der Waals surface area contributed by atoms with Gasteiger partial charge in [0.15, 0.2) is 0 Å². The Morgan fingerprint density at radius 3 is 2.07 bits per heavy atom. The molecule has 0 bridgehead atoms. The number of hydrogen-bond donors (Lipinski definition) is 0. The van der Waals surface area contributed by atoms with Gasteiger partial charge in [-0.2, -0.15) is 5.10 Å². The molecule has 0 saturated carbocycles. The van der Waals surface area contributed by atoms with Crippen molar-refractivity contribution < 1.29 is 8.78 Å². The lowest BCUT2D eigenvalue weighted by atomic mass is 9.85. The highest BCUT2D eigenvalue weighted by Gasteiger charge is 2.20. The van der Waals surface area contributed by atoms with Crippen molar-refractivity contribution in [3.05, 3.63) is 70.3 Å². The average molecular weight is 401 g/mol. The summed E-state index contributed by atoms with van der Waals surface area (Å²) in [4.78, 5) is 0. The molecule has 0 spiro atoms.